The van der Waals surface area contributed by atoms with Gasteiger partial charge in [0.05, 0.1) is 25.5 Å². The zero-order chi connectivity index (χ0) is 22.1. The highest BCUT2D eigenvalue weighted by Crippen LogP contribution is 2.35. The fourth-order valence-corrected chi connectivity index (χ4v) is 4.34. The van der Waals surface area contributed by atoms with Crippen LogP contribution in [0.5, 0.6) is 11.5 Å². The van der Waals surface area contributed by atoms with Gasteiger partial charge in [-0.3, -0.25) is 4.90 Å². The Balaban J connectivity index is 1.34. The van der Waals surface area contributed by atoms with Crippen molar-refractivity contribution in [2.45, 2.75) is 32.2 Å². The van der Waals surface area contributed by atoms with Crippen molar-refractivity contribution < 1.29 is 18.3 Å². The van der Waals surface area contributed by atoms with Crippen LogP contribution in [-0.4, -0.2) is 42.2 Å². The molecule has 1 atom stereocenters. The van der Waals surface area contributed by atoms with Crippen molar-refractivity contribution in [3.8, 4) is 23.0 Å². The molecule has 5 rings (SSSR count). The first-order valence-corrected chi connectivity index (χ1v) is 10.9. The Morgan fingerprint density at radius 1 is 1.06 bits per heavy atom. The van der Waals surface area contributed by atoms with Gasteiger partial charge in [-0.25, -0.2) is 9.97 Å². The summed E-state index contributed by atoms with van der Waals surface area (Å²) in [5, 5.41) is 0. The molecule has 0 bridgehead atoms. The molecule has 7 nitrogen and oxygen atoms in total. The Kier molecular flexibility index (Phi) is 5.57. The van der Waals surface area contributed by atoms with Crippen LogP contribution >= 0.6 is 0 Å². The van der Waals surface area contributed by atoms with E-state index in [4.69, 9.17) is 28.3 Å². The van der Waals surface area contributed by atoms with Crippen LogP contribution in [0, 0.1) is 6.92 Å². The number of fused-ring (bicyclic) bond motifs is 1. The number of aromatic nitrogens is 2. The quantitative estimate of drug-likeness (QED) is 0.414. The largest absolute Gasteiger partial charge is 0.497 e. The third-order valence-electron chi connectivity index (χ3n) is 6.07. The van der Waals surface area contributed by atoms with Crippen molar-refractivity contribution in [1.29, 1.82) is 0 Å². The standard InChI is InChI=1S/C25H27N3O4/c1-16-21(27-25(31-16)19-11-10-18(29-2)13-23(19)30-3)15-28-12-6-7-17(14-28)24-26-20-8-4-5-9-22(20)32-24/h4-5,8-11,13,17H,6-7,12,14-15H2,1-3H3. The molecular weight excluding hydrogens is 406 g/mol. The van der Waals surface area contributed by atoms with Gasteiger partial charge in [-0.15, -0.1) is 0 Å². The van der Waals surface area contributed by atoms with E-state index >= 15 is 0 Å². The minimum Gasteiger partial charge on any atom is -0.497 e. The summed E-state index contributed by atoms with van der Waals surface area (Å²) < 4.78 is 22.9. The summed E-state index contributed by atoms with van der Waals surface area (Å²) in [6.45, 7) is 4.60. The van der Waals surface area contributed by atoms with Crippen LogP contribution in [0.15, 0.2) is 51.3 Å². The molecule has 1 aliphatic heterocycles. The Bertz CT molecular complexity index is 1200. The van der Waals surface area contributed by atoms with E-state index in [0.29, 0.717) is 11.6 Å². The van der Waals surface area contributed by atoms with E-state index in [-0.39, 0.29) is 5.92 Å². The molecule has 0 saturated carbocycles. The predicted molar refractivity (Wildman–Crippen MR) is 121 cm³/mol. The normalized spacial score (nSPS) is 17.0. The highest BCUT2D eigenvalue weighted by Gasteiger charge is 2.27. The number of ether oxygens (including phenoxy) is 2. The zero-order valence-electron chi connectivity index (χ0n) is 18.6. The van der Waals surface area contributed by atoms with E-state index in [2.05, 4.69) is 4.90 Å². The number of para-hydroxylation sites is 2. The van der Waals surface area contributed by atoms with E-state index in [1.807, 2.05) is 49.4 Å². The van der Waals surface area contributed by atoms with E-state index in [9.17, 15) is 0 Å². The first kappa shape index (κ1) is 20.6. The molecule has 1 saturated heterocycles. The van der Waals surface area contributed by atoms with E-state index in [1.165, 1.54) is 0 Å². The number of likely N-dealkylation sites (tertiary alicyclic amines) is 1. The highest BCUT2D eigenvalue weighted by atomic mass is 16.5. The summed E-state index contributed by atoms with van der Waals surface area (Å²) in [6.07, 6.45) is 2.18. The molecular formula is C25H27N3O4. The van der Waals surface area contributed by atoms with Gasteiger partial charge in [-0.2, -0.15) is 0 Å². The van der Waals surface area contributed by atoms with Crippen LogP contribution in [0.1, 0.15) is 36.1 Å². The fourth-order valence-electron chi connectivity index (χ4n) is 4.34. The van der Waals surface area contributed by atoms with Gasteiger partial charge < -0.3 is 18.3 Å². The SMILES string of the molecule is COc1ccc(-c2nc(CN3CCCC(c4nc5ccccc5o4)C3)c(C)o2)c(OC)c1. The number of rotatable bonds is 6. The van der Waals surface area contributed by atoms with Gasteiger partial charge in [-0.05, 0) is 50.6 Å². The topological polar surface area (TPSA) is 73.8 Å². The monoisotopic (exact) mass is 433 g/mol. The third-order valence-corrected chi connectivity index (χ3v) is 6.07. The molecule has 166 valence electrons. The highest BCUT2D eigenvalue weighted by molar-refractivity contribution is 5.72. The van der Waals surface area contributed by atoms with Crippen LogP contribution in [0.3, 0.4) is 0 Å². The molecule has 0 amide bonds. The van der Waals surface area contributed by atoms with Crippen molar-refractivity contribution in [3.05, 3.63) is 59.8 Å². The van der Waals surface area contributed by atoms with E-state index in [0.717, 1.165) is 72.2 Å². The summed E-state index contributed by atoms with van der Waals surface area (Å²) >= 11 is 0. The molecule has 32 heavy (non-hydrogen) atoms. The lowest BCUT2D eigenvalue weighted by Gasteiger charge is -2.30. The molecule has 3 heterocycles. The summed E-state index contributed by atoms with van der Waals surface area (Å²) in [6, 6.07) is 13.6. The Morgan fingerprint density at radius 2 is 1.94 bits per heavy atom. The molecule has 1 unspecified atom stereocenters. The average molecular weight is 434 g/mol. The van der Waals surface area contributed by atoms with Gasteiger partial charge in [0.25, 0.3) is 0 Å². The van der Waals surface area contributed by atoms with Gasteiger partial charge >= 0.3 is 0 Å². The van der Waals surface area contributed by atoms with Gasteiger partial charge in [0, 0.05) is 25.1 Å². The Hall–Kier alpha value is -3.32. The second kappa shape index (κ2) is 8.67. The Morgan fingerprint density at radius 3 is 2.75 bits per heavy atom. The summed E-state index contributed by atoms with van der Waals surface area (Å²) in [5.41, 5.74) is 3.52. The summed E-state index contributed by atoms with van der Waals surface area (Å²) in [7, 11) is 3.27. The zero-order valence-corrected chi connectivity index (χ0v) is 18.6. The van der Waals surface area contributed by atoms with Crippen LogP contribution < -0.4 is 9.47 Å². The lowest BCUT2D eigenvalue weighted by molar-refractivity contribution is 0.185. The smallest absolute Gasteiger partial charge is 0.230 e. The van der Waals surface area contributed by atoms with Crippen molar-refractivity contribution in [1.82, 2.24) is 14.9 Å². The van der Waals surface area contributed by atoms with E-state index in [1.54, 1.807) is 14.2 Å². The molecule has 0 aliphatic carbocycles. The fraction of sp³-hybridized carbons (Fsp3) is 0.360. The maximum absolute atomic E-state index is 6.04. The predicted octanol–water partition coefficient (Wildman–Crippen LogP) is 5.19. The number of benzene rings is 2. The molecule has 7 heteroatoms. The van der Waals surface area contributed by atoms with Gasteiger partial charge in [0.1, 0.15) is 22.8 Å². The van der Waals surface area contributed by atoms with Crippen LogP contribution in [0.25, 0.3) is 22.6 Å². The van der Waals surface area contributed by atoms with Gasteiger partial charge in [0.15, 0.2) is 11.5 Å². The minimum atomic E-state index is 0.282. The van der Waals surface area contributed by atoms with Crippen LogP contribution in [-0.2, 0) is 6.54 Å². The lowest BCUT2D eigenvalue weighted by atomic mass is 9.98. The first-order valence-electron chi connectivity index (χ1n) is 10.9. The second-order valence-electron chi connectivity index (χ2n) is 8.18. The van der Waals surface area contributed by atoms with Gasteiger partial charge in [0.2, 0.25) is 5.89 Å². The molecule has 0 radical (unpaired) electrons. The molecule has 1 fully saturated rings. The number of nitrogens with zero attached hydrogens (tertiary/aromatic N) is 3. The average Bonchev–Trinajstić information content (AvgIpc) is 3.42. The minimum absolute atomic E-state index is 0.282. The van der Waals surface area contributed by atoms with Crippen molar-refractivity contribution in [3.63, 3.8) is 0 Å². The second-order valence-corrected chi connectivity index (χ2v) is 8.18. The molecule has 2 aromatic carbocycles. The van der Waals surface area contributed by atoms with Crippen LogP contribution in [0.2, 0.25) is 0 Å². The van der Waals surface area contributed by atoms with Crippen molar-refractivity contribution >= 4 is 11.1 Å². The summed E-state index contributed by atoms with van der Waals surface area (Å²) in [4.78, 5) is 11.9. The van der Waals surface area contributed by atoms with E-state index < -0.39 is 0 Å². The Labute approximate surface area is 187 Å². The maximum atomic E-state index is 6.04. The molecule has 2 aromatic heterocycles. The third kappa shape index (κ3) is 3.96. The number of aryl methyl sites for hydroxylation is 1. The number of methoxy groups -OCH3 is 2. The molecule has 0 N–H and O–H groups in total. The first-order chi connectivity index (χ1) is 15.6. The summed E-state index contributed by atoms with van der Waals surface area (Å²) in [5.74, 6) is 3.89. The lowest BCUT2D eigenvalue weighted by Crippen LogP contribution is -2.34. The number of hydrogen-bond acceptors (Lipinski definition) is 7. The van der Waals surface area contributed by atoms with Crippen molar-refractivity contribution in [2.75, 3.05) is 27.3 Å². The number of hydrogen-bond donors (Lipinski definition) is 0. The van der Waals surface area contributed by atoms with Gasteiger partial charge in [-0.1, -0.05) is 12.1 Å². The van der Waals surface area contributed by atoms with Crippen molar-refractivity contribution in [2.24, 2.45) is 0 Å². The number of oxazole rings is 2. The maximum Gasteiger partial charge on any atom is 0.230 e. The van der Waals surface area contributed by atoms with Crippen LogP contribution in [0.4, 0.5) is 0 Å². The molecule has 4 aromatic rings. The number of piperidine rings is 1. The molecule has 1 aliphatic rings. The molecule has 0 spiro atoms.